The van der Waals surface area contributed by atoms with E-state index in [0.29, 0.717) is 22.9 Å². The average molecular weight is 431 g/mol. The van der Waals surface area contributed by atoms with Crippen LogP contribution in [0.25, 0.3) is 16.7 Å². The molecule has 0 saturated carbocycles. The lowest BCUT2D eigenvalue weighted by molar-refractivity contribution is 0.0993. The number of carbonyl (C=O) groups excluding carboxylic acids is 1. The van der Waals surface area contributed by atoms with Gasteiger partial charge in [-0.15, -0.1) is 16.8 Å². The molecule has 0 fully saturated rings. The monoisotopic (exact) mass is 430 g/mol. The normalized spacial score (nSPS) is 14.1. The van der Waals surface area contributed by atoms with Gasteiger partial charge >= 0.3 is 0 Å². The zero-order valence-corrected chi connectivity index (χ0v) is 18.1. The van der Waals surface area contributed by atoms with Crippen molar-refractivity contribution in [3.05, 3.63) is 82.2 Å². The van der Waals surface area contributed by atoms with Crippen LogP contribution in [0.5, 0.6) is 0 Å². The van der Waals surface area contributed by atoms with Crippen LogP contribution in [0.2, 0.25) is 0 Å². The predicted molar refractivity (Wildman–Crippen MR) is 123 cm³/mol. The third kappa shape index (κ3) is 3.29. The van der Waals surface area contributed by atoms with Crippen LogP contribution in [0.15, 0.2) is 65.1 Å². The highest BCUT2D eigenvalue weighted by Gasteiger charge is 2.23. The highest BCUT2D eigenvalue weighted by molar-refractivity contribution is 8.00. The van der Waals surface area contributed by atoms with Gasteiger partial charge in [-0.3, -0.25) is 18.6 Å². The van der Waals surface area contributed by atoms with Gasteiger partial charge in [-0.05, 0) is 55.5 Å². The summed E-state index contributed by atoms with van der Waals surface area (Å²) in [6.45, 7) is 5.98. The number of para-hydroxylation sites is 1. The summed E-state index contributed by atoms with van der Waals surface area (Å²) in [6.07, 6.45) is 4.96. The van der Waals surface area contributed by atoms with Gasteiger partial charge in [-0.2, -0.15) is 0 Å². The molecular formula is C24H22N4O2S. The zero-order valence-electron chi connectivity index (χ0n) is 17.2. The van der Waals surface area contributed by atoms with E-state index in [1.54, 1.807) is 16.7 Å². The smallest absolute Gasteiger partial charge is 0.263 e. The molecule has 0 amide bonds. The summed E-state index contributed by atoms with van der Waals surface area (Å²) < 4.78 is 3.41. The van der Waals surface area contributed by atoms with Crippen molar-refractivity contribution in [2.75, 3.05) is 0 Å². The molecule has 2 aromatic heterocycles. The summed E-state index contributed by atoms with van der Waals surface area (Å²) in [5.41, 5.74) is 3.98. The van der Waals surface area contributed by atoms with Gasteiger partial charge < -0.3 is 0 Å². The number of aromatic nitrogens is 4. The van der Waals surface area contributed by atoms with Gasteiger partial charge in [0.25, 0.3) is 5.56 Å². The molecule has 4 aromatic rings. The van der Waals surface area contributed by atoms with Crippen LogP contribution in [0.1, 0.15) is 34.8 Å². The van der Waals surface area contributed by atoms with Crippen molar-refractivity contribution < 1.29 is 4.79 Å². The Morgan fingerprint density at radius 3 is 2.84 bits per heavy atom. The maximum atomic E-state index is 13.1. The van der Waals surface area contributed by atoms with Gasteiger partial charge in [0.1, 0.15) is 0 Å². The molecule has 6 nitrogen and oxygen atoms in total. The summed E-state index contributed by atoms with van der Waals surface area (Å²) in [4.78, 5) is 26.1. The molecule has 0 aliphatic heterocycles. The number of nitrogens with zero attached hydrogens (tertiary/aromatic N) is 4. The van der Waals surface area contributed by atoms with Gasteiger partial charge in [0.15, 0.2) is 10.9 Å². The molecule has 5 rings (SSSR count). The number of Topliss-reactive ketones (excluding diaryl/α,β-unsaturated/α-hetero) is 1. The van der Waals surface area contributed by atoms with Gasteiger partial charge in [-0.25, -0.2) is 0 Å². The molecule has 1 atom stereocenters. The number of benzene rings is 2. The molecular weight excluding hydrogens is 408 g/mol. The van der Waals surface area contributed by atoms with Crippen LogP contribution in [0.3, 0.4) is 0 Å². The van der Waals surface area contributed by atoms with Crippen LogP contribution in [-0.4, -0.2) is 30.2 Å². The van der Waals surface area contributed by atoms with E-state index in [0.717, 1.165) is 30.3 Å². The lowest BCUT2D eigenvalue weighted by atomic mass is 10.0. The number of hydrogen-bond acceptors (Lipinski definition) is 5. The number of hydrogen-bond donors (Lipinski definition) is 0. The molecule has 2 heterocycles. The quantitative estimate of drug-likeness (QED) is 0.262. The molecule has 0 spiro atoms. The number of allylic oxidation sites excluding steroid dienone is 1. The van der Waals surface area contributed by atoms with E-state index in [9.17, 15) is 9.59 Å². The number of thioether (sulfide) groups is 1. The Morgan fingerprint density at radius 1 is 1.19 bits per heavy atom. The number of aryl methyl sites for hydroxylation is 2. The van der Waals surface area contributed by atoms with Crippen molar-refractivity contribution in [2.45, 2.75) is 43.1 Å². The maximum Gasteiger partial charge on any atom is 0.263 e. The third-order valence-electron chi connectivity index (χ3n) is 5.82. The fourth-order valence-corrected chi connectivity index (χ4v) is 5.21. The molecule has 0 saturated heterocycles. The lowest BCUT2D eigenvalue weighted by Crippen LogP contribution is -2.23. The summed E-state index contributed by atoms with van der Waals surface area (Å²) in [5.74, 6) is 0.517. The summed E-state index contributed by atoms with van der Waals surface area (Å²) in [7, 11) is 0. The summed E-state index contributed by atoms with van der Waals surface area (Å²) in [5, 5.41) is 9.44. The van der Waals surface area contributed by atoms with E-state index < -0.39 is 0 Å². The number of carbonyl (C=O) groups is 1. The second kappa shape index (κ2) is 7.81. The number of fused-ring (bicyclic) bond motifs is 4. The van der Waals surface area contributed by atoms with Gasteiger partial charge in [0.2, 0.25) is 5.78 Å². The Balaban J connectivity index is 1.55. The molecule has 0 bridgehead atoms. The highest BCUT2D eigenvalue weighted by atomic mass is 32.2. The molecule has 156 valence electrons. The van der Waals surface area contributed by atoms with E-state index in [2.05, 4.69) is 22.8 Å². The van der Waals surface area contributed by atoms with Crippen molar-refractivity contribution in [2.24, 2.45) is 0 Å². The molecule has 1 aliphatic carbocycles. The van der Waals surface area contributed by atoms with Crippen LogP contribution < -0.4 is 5.56 Å². The Kier molecular flexibility index (Phi) is 4.98. The molecule has 0 radical (unpaired) electrons. The van der Waals surface area contributed by atoms with Crippen molar-refractivity contribution in [3.8, 4) is 0 Å². The number of rotatable bonds is 6. The molecule has 1 aliphatic rings. The standard InChI is InChI=1S/C24H22N4O2S/c1-3-13-27-22(30)19-9-4-5-10-20(19)28-23(27)25-26-24(28)31-15(2)21(29)18-12-11-16-7-6-8-17(16)14-18/h3-5,9-12,14-15H,1,6-8,13H2,2H3. The Labute approximate surface area is 183 Å². The van der Waals surface area contributed by atoms with E-state index in [1.165, 1.54) is 22.9 Å². The Morgan fingerprint density at radius 2 is 2.00 bits per heavy atom. The maximum absolute atomic E-state index is 13.1. The zero-order chi connectivity index (χ0) is 21.5. The molecule has 2 aromatic carbocycles. The van der Waals surface area contributed by atoms with E-state index in [4.69, 9.17) is 0 Å². The minimum Gasteiger partial charge on any atom is -0.293 e. The molecule has 0 N–H and O–H groups in total. The van der Waals surface area contributed by atoms with Crippen LogP contribution >= 0.6 is 11.8 Å². The van der Waals surface area contributed by atoms with Gasteiger partial charge in [-0.1, -0.05) is 42.1 Å². The van der Waals surface area contributed by atoms with Crippen molar-refractivity contribution in [1.82, 2.24) is 19.2 Å². The number of ketones is 1. The SMILES string of the molecule is C=CCn1c(=O)c2ccccc2n2c(SC(C)C(=O)c3ccc4c(c3)CCC4)nnc12. The first-order valence-electron chi connectivity index (χ1n) is 10.4. The first kappa shape index (κ1) is 19.8. The minimum absolute atomic E-state index is 0.0696. The predicted octanol–water partition coefficient (Wildman–Crippen LogP) is 4.08. The first-order chi connectivity index (χ1) is 15.1. The summed E-state index contributed by atoms with van der Waals surface area (Å²) in [6, 6.07) is 13.5. The average Bonchev–Trinajstić information content (AvgIpc) is 3.42. The lowest BCUT2D eigenvalue weighted by Gasteiger charge is -2.12. The van der Waals surface area contributed by atoms with Crippen LogP contribution in [-0.2, 0) is 19.4 Å². The molecule has 7 heteroatoms. The topological polar surface area (TPSA) is 69.3 Å². The Hall–Kier alpha value is -3.19. The van der Waals surface area contributed by atoms with E-state index >= 15 is 0 Å². The minimum atomic E-state index is -0.342. The second-order valence-corrected chi connectivity index (χ2v) is 9.11. The molecule has 1 unspecified atom stereocenters. The van der Waals surface area contributed by atoms with E-state index in [-0.39, 0.29) is 16.6 Å². The van der Waals surface area contributed by atoms with Crippen LogP contribution in [0, 0.1) is 0 Å². The fourth-order valence-electron chi connectivity index (χ4n) is 4.28. The summed E-state index contributed by atoms with van der Waals surface area (Å²) >= 11 is 1.36. The Bertz CT molecular complexity index is 1400. The first-order valence-corrected chi connectivity index (χ1v) is 11.3. The van der Waals surface area contributed by atoms with Crippen LogP contribution in [0.4, 0.5) is 0 Å². The van der Waals surface area contributed by atoms with E-state index in [1.807, 2.05) is 41.7 Å². The largest absolute Gasteiger partial charge is 0.293 e. The van der Waals surface area contributed by atoms with Crippen molar-refractivity contribution >= 4 is 34.2 Å². The molecule has 31 heavy (non-hydrogen) atoms. The van der Waals surface area contributed by atoms with Crippen molar-refractivity contribution in [3.63, 3.8) is 0 Å². The fraction of sp³-hybridized carbons (Fsp3) is 0.250. The third-order valence-corrected chi connectivity index (χ3v) is 6.87. The van der Waals surface area contributed by atoms with Gasteiger partial charge in [0, 0.05) is 12.1 Å². The van der Waals surface area contributed by atoms with Gasteiger partial charge in [0.05, 0.1) is 16.2 Å². The highest BCUT2D eigenvalue weighted by Crippen LogP contribution is 2.29. The van der Waals surface area contributed by atoms with Crippen molar-refractivity contribution in [1.29, 1.82) is 0 Å². The second-order valence-electron chi connectivity index (χ2n) is 7.80.